The zero-order valence-electron chi connectivity index (χ0n) is 21.4. The van der Waals surface area contributed by atoms with Gasteiger partial charge in [0, 0.05) is 23.7 Å². The number of carbonyl (C=O) groups is 1. The number of aliphatic hydroxyl groups is 1. The van der Waals surface area contributed by atoms with Crippen LogP contribution < -0.4 is 10.1 Å². The topological polar surface area (TPSA) is 67.8 Å². The van der Waals surface area contributed by atoms with E-state index in [2.05, 4.69) is 43.4 Å². The number of halogens is 2. The third kappa shape index (κ3) is 7.14. The van der Waals surface area contributed by atoms with Gasteiger partial charge in [0.1, 0.15) is 12.7 Å². The SMILES string of the molecule is CCOC(=O)/C=C/c1ccc(OC[C@H](O)CNC(CC)(CC)CC2Cc3ccccc3C2)c(F)c1F. The number of ether oxygens (including phenoxy) is 2. The van der Waals surface area contributed by atoms with Crippen LogP contribution in [0.15, 0.2) is 42.5 Å². The first-order valence-electron chi connectivity index (χ1n) is 12.8. The third-order valence-corrected chi connectivity index (χ3v) is 7.07. The van der Waals surface area contributed by atoms with Crippen LogP contribution in [0.2, 0.25) is 0 Å². The molecular weight excluding hydrogens is 464 g/mol. The van der Waals surface area contributed by atoms with Gasteiger partial charge in [0.05, 0.1) is 6.61 Å². The van der Waals surface area contributed by atoms with Gasteiger partial charge >= 0.3 is 5.97 Å². The molecular formula is C29H37F2NO4. The molecule has 0 aliphatic heterocycles. The average molecular weight is 502 g/mol. The molecule has 1 aliphatic carbocycles. The minimum Gasteiger partial charge on any atom is -0.488 e. The van der Waals surface area contributed by atoms with Gasteiger partial charge in [-0.3, -0.25) is 0 Å². The molecule has 196 valence electrons. The summed E-state index contributed by atoms with van der Waals surface area (Å²) in [7, 11) is 0. The van der Waals surface area contributed by atoms with E-state index in [4.69, 9.17) is 9.47 Å². The van der Waals surface area contributed by atoms with Crippen LogP contribution in [0.25, 0.3) is 6.08 Å². The van der Waals surface area contributed by atoms with Crippen molar-refractivity contribution in [3.8, 4) is 5.75 Å². The molecule has 0 saturated carbocycles. The van der Waals surface area contributed by atoms with Crippen LogP contribution in [0.1, 0.15) is 56.7 Å². The fourth-order valence-corrected chi connectivity index (χ4v) is 4.92. The molecule has 1 aliphatic rings. The Balaban J connectivity index is 1.53. The molecule has 0 unspecified atom stereocenters. The lowest BCUT2D eigenvalue weighted by Crippen LogP contribution is -2.49. The largest absolute Gasteiger partial charge is 0.488 e. The predicted octanol–water partition coefficient (Wildman–Crippen LogP) is 5.23. The Morgan fingerprint density at radius 1 is 1.11 bits per heavy atom. The zero-order valence-corrected chi connectivity index (χ0v) is 21.4. The summed E-state index contributed by atoms with van der Waals surface area (Å²) in [5, 5.41) is 14.1. The van der Waals surface area contributed by atoms with Crippen molar-refractivity contribution in [3.05, 3.63) is 70.8 Å². The Hall–Kier alpha value is -2.77. The molecule has 2 aromatic carbocycles. The van der Waals surface area contributed by atoms with Crippen LogP contribution in [0.4, 0.5) is 8.78 Å². The van der Waals surface area contributed by atoms with Crippen molar-refractivity contribution >= 4 is 12.0 Å². The van der Waals surface area contributed by atoms with E-state index in [0.29, 0.717) is 5.92 Å². The monoisotopic (exact) mass is 501 g/mol. The van der Waals surface area contributed by atoms with E-state index in [0.717, 1.165) is 44.3 Å². The fraction of sp³-hybridized carbons (Fsp3) is 0.483. The summed E-state index contributed by atoms with van der Waals surface area (Å²) in [5.74, 6) is -2.67. The number of hydrogen-bond acceptors (Lipinski definition) is 5. The number of fused-ring (bicyclic) bond motifs is 1. The molecule has 0 spiro atoms. The number of esters is 1. The van der Waals surface area contributed by atoms with E-state index in [1.807, 2.05) is 0 Å². The smallest absolute Gasteiger partial charge is 0.330 e. The number of β-amino-alcohol motifs (C(OH)–C–C–N with tert-alkyl or cyclic N) is 1. The van der Waals surface area contributed by atoms with Crippen molar-refractivity contribution in [1.29, 1.82) is 0 Å². The van der Waals surface area contributed by atoms with Crippen LogP contribution in [0.5, 0.6) is 5.75 Å². The van der Waals surface area contributed by atoms with Gasteiger partial charge in [-0.25, -0.2) is 9.18 Å². The summed E-state index contributed by atoms with van der Waals surface area (Å²) in [6.45, 7) is 6.25. The molecule has 7 heteroatoms. The first-order valence-corrected chi connectivity index (χ1v) is 12.8. The van der Waals surface area contributed by atoms with Gasteiger partial charge in [-0.2, -0.15) is 4.39 Å². The first-order chi connectivity index (χ1) is 17.3. The fourth-order valence-electron chi connectivity index (χ4n) is 4.92. The summed E-state index contributed by atoms with van der Waals surface area (Å²) >= 11 is 0. The zero-order chi connectivity index (χ0) is 26.1. The molecule has 0 saturated heterocycles. The van der Waals surface area contributed by atoms with Crippen molar-refractivity contribution in [2.24, 2.45) is 5.92 Å². The van der Waals surface area contributed by atoms with Crippen LogP contribution >= 0.6 is 0 Å². The standard InChI is InChI=1S/C29H37F2NO4/c1-4-29(5-2,17-20-15-22-9-7-8-10-23(22)16-20)32-18-24(33)19-36-25-13-11-21(27(30)28(25)31)12-14-26(34)35-6-3/h7-14,20,24,32-33H,4-6,15-19H2,1-3H3/b14-12+/t24-/m1/s1. The second kappa shape index (κ2) is 13.0. The number of hydrogen-bond donors (Lipinski definition) is 2. The normalized spacial score (nSPS) is 14.7. The molecule has 2 aromatic rings. The number of aliphatic hydroxyl groups excluding tert-OH is 1. The highest BCUT2D eigenvalue weighted by Gasteiger charge is 2.32. The van der Waals surface area contributed by atoms with Gasteiger partial charge in [-0.15, -0.1) is 0 Å². The molecule has 0 bridgehead atoms. The van der Waals surface area contributed by atoms with Gasteiger partial charge in [-0.05, 0) is 74.3 Å². The Bertz CT molecular complexity index is 1030. The maximum Gasteiger partial charge on any atom is 0.330 e. The summed E-state index contributed by atoms with van der Waals surface area (Å²) in [4.78, 5) is 11.4. The van der Waals surface area contributed by atoms with Crippen LogP contribution in [-0.4, -0.2) is 42.5 Å². The molecule has 0 amide bonds. The molecule has 36 heavy (non-hydrogen) atoms. The lowest BCUT2D eigenvalue weighted by atomic mass is 9.81. The lowest BCUT2D eigenvalue weighted by Gasteiger charge is -2.36. The molecule has 0 aromatic heterocycles. The molecule has 0 radical (unpaired) electrons. The highest BCUT2D eigenvalue weighted by molar-refractivity contribution is 5.87. The van der Waals surface area contributed by atoms with Gasteiger partial charge in [0.15, 0.2) is 11.6 Å². The van der Waals surface area contributed by atoms with Crippen molar-refractivity contribution < 1.29 is 28.2 Å². The molecule has 3 rings (SSSR count). The quantitative estimate of drug-likeness (QED) is 0.290. The number of benzene rings is 2. The van der Waals surface area contributed by atoms with Crippen LogP contribution in [0, 0.1) is 17.6 Å². The lowest BCUT2D eigenvalue weighted by molar-refractivity contribution is -0.137. The minimum atomic E-state index is -1.17. The Labute approximate surface area is 212 Å². The number of nitrogens with one attached hydrogen (secondary N) is 1. The van der Waals surface area contributed by atoms with Gasteiger partial charge in [0.2, 0.25) is 5.82 Å². The second-order valence-electron chi connectivity index (χ2n) is 9.45. The highest BCUT2D eigenvalue weighted by Crippen LogP contribution is 2.34. The van der Waals surface area contributed by atoms with Crippen molar-refractivity contribution in [1.82, 2.24) is 5.32 Å². The summed E-state index contributed by atoms with van der Waals surface area (Å²) in [5.41, 5.74) is 2.64. The Kier molecular flexibility index (Phi) is 10.0. The molecule has 1 atom stereocenters. The predicted molar refractivity (Wildman–Crippen MR) is 137 cm³/mol. The van der Waals surface area contributed by atoms with E-state index in [-0.39, 0.29) is 36.6 Å². The van der Waals surface area contributed by atoms with Crippen molar-refractivity contribution in [2.45, 2.75) is 64.5 Å². The van der Waals surface area contributed by atoms with Gasteiger partial charge in [-0.1, -0.05) is 38.1 Å². The first kappa shape index (κ1) is 27.8. The van der Waals surface area contributed by atoms with E-state index >= 15 is 0 Å². The van der Waals surface area contributed by atoms with E-state index in [1.54, 1.807) is 6.92 Å². The van der Waals surface area contributed by atoms with Crippen molar-refractivity contribution in [3.63, 3.8) is 0 Å². The number of carbonyl (C=O) groups excluding carboxylic acids is 1. The van der Waals surface area contributed by atoms with Crippen LogP contribution in [0.3, 0.4) is 0 Å². The molecule has 5 nitrogen and oxygen atoms in total. The van der Waals surface area contributed by atoms with Crippen molar-refractivity contribution in [2.75, 3.05) is 19.8 Å². The minimum absolute atomic E-state index is 0.0974. The maximum atomic E-state index is 14.5. The van der Waals surface area contributed by atoms with Gasteiger partial charge < -0.3 is 19.9 Å². The summed E-state index contributed by atoms with van der Waals surface area (Å²) in [6.07, 6.45) is 6.28. The van der Waals surface area contributed by atoms with Crippen LogP contribution in [-0.2, 0) is 22.4 Å². The second-order valence-corrected chi connectivity index (χ2v) is 9.45. The third-order valence-electron chi connectivity index (χ3n) is 7.07. The average Bonchev–Trinajstić information content (AvgIpc) is 3.29. The summed E-state index contributed by atoms with van der Waals surface area (Å²) < 4.78 is 39.0. The van der Waals surface area contributed by atoms with E-state index < -0.39 is 23.7 Å². The van der Waals surface area contributed by atoms with E-state index in [9.17, 15) is 18.7 Å². The molecule has 2 N–H and O–H groups in total. The summed E-state index contributed by atoms with van der Waals surface area (Å²) in [6, 6.07) is 11.2. The van der Waals surface area contributed by atoms with E-state index in [1.165, 1.54) is 23.3 Å². The molecule has 0 heterocycles. The Morgan fingerprint density at radius 3 is 2.39 bits per heavy atom. The number of rotatable bonds is 13. The van der Waals surface area contributed by atoms with Gasteiger partial charge in [0.25, 0.3) is 0 Å². The Morgan fingerprint density at radius 2 is 1.78 bits per heavy atom. The highest BCUT2D eigenvalue weighted by atomic mass is 19.2. The maximum absolute atomic E-state index is 14.5. The molecule has 0 fully saturated rings.